The van der Waals surface area contributed by atoms with E-state index in [0.717, 1.165) is 13.1 Å². The number of halogens is 2. The summed E-state index contributed by atoms with van der Waals surface area (Å²) in [5.41, 5.74) is 0.458. The van der Waals surface area contributed by atoms with Crippen molar-refractivity contribution in [1.29, 1.82) is 0 Å². The van der Waals surface area contributed by atoms with E-state index in [0.29, 0.717) is 10.2 Å². The normalized spacial score (nSPS) is 12.2. The van der Waals surface area contributed by atoms with Gasteiger partial charge in [-0.2, -0.15) is 0 Å². The summed E-state index contributed by atoms with van der Waals surface area (Å²) < 4.78 is 27.5. The average molecular weight is 228 g/mol. The fraction of sp³-hybridized carbons (Fsp3) is 0.538. The van der Waals surface area contributed by atoms with Crippen molar-refractivity contribution in [2.24, 2.45) is 0 Å². The van der Waals surface area contributed by atoms with Crippen LogP contribution in [0.2, 0.25) is 0 Å². The van der Waals surface area contributed by atoms with Crippen LogP contribution in [0.5, 0.6) is 0 Å². The first kappa shape index (κ1) is 13.1. The number of hydrogen-bond donors (Lipinski definition) is 0. The number of rotatable bonds is 4. The third kappa shape index (κ3) is 2.09. The van der Waals surface area contributed by atoms with Gasteiger partial charge in [-0.1, -0.05) is 0 Å². The van der Waals surface area contributed by atoms with Gasteiger partial charge in [0.05, 0.1) is 19.1 Å². The molecule has 0 aromatic heterocycles. The summed E-state index contributed by atoms with van der Waals surface area (Å²) in [5.74, 6) is -0.694. The lowest BCUT2D eigenvalue weighted by molar-refractivity contribution is 0.237. The molecule has 0 saturated heterocycles. The van der Waals surface area contributed by atoms with Gasteiger partial charge in [0.15, 0.2) is 11.5 Å². The summed E-state index contributed by atoms with van der Waals surface area (Å²) in [4.78, 5) is 0. The van der Waals surface area contributed by atoms with Crippen molar-refractivity contribution in [2.45, 2.75) is 33.7 Å². The third-order valence-corrected chi connectivity index (χ3v) is 3.51. The molecule has 0 aliphatic heterocycles. The van der Waals surface area contributed by atoms with Gasteiger partial charge in [-0.15, -0.1) is 0 Å². The Labute approximate surface area is 96.3 Å². The molecule has 0 saturated carbocycles. The highest BCUT2D eigenvalue weighted by molar-refractivity contribution is 5.45. The van der Waals surface area contributed by atoms with Gasteiger partial charge in [-0.3, -0.25) is 4.48 Å². The highest BCUT2D eigenvalue weighted by Crippen LogP contribution is 2.30. The third-order valence-electron chi connectivity index (χ3n) is 3.51. The molecular formula is C13H20F2N+. The summed E-state index contributed by atoms with van der Waals surface area (Å²) >= 11 is 0. The first-order chi connectivity index (χ1) is 7.47. The topological polar surface area (TPSA) is 0 Å². The molecule has 1 nitrogen and oxygen atoms in total. The van der Waals surface area contributed by atoms with Gasteiger partial charge in [-0.05, 0) is 39.8 Å². The van der Waals surface area contributed by atoms with Gasteiger partial charge < -0.3 is 0 Å². The molecular weight excluding hydrogens is 208 g/mol. The van der Waals surface area contributed by atoms with Crippen molar-refractivity contribution in [3.05, 3.63) is 29.8 Å². The minimum Gasteiger partial charge on any atom is -0.287 e. The molecule has 0 fully saturated rings. The van der Waals surface area contributed by atoms with Gasteiger partial charge in [0.1, 0.15) is 5.82 Å². The highest BCUT2D eigenvalue weighted by atomic mass is 19.1. The van der Waals surface area contributed by atoms with Crippen LogP contribution in [0.4, 0.5) is 14.5 Å². The molecule has 3 heteroatoms. The van der Waals surface area contributed by atoms with Crippen LogP contribution in [0.1, 0.15) is 27.7 Å². The smallest absolute Gasteiger partial charge is 0.184 e. The van der Waals surface area contributed by atoms with Crippen LogP contribution >= 0.6 is 0 Å². The molecule has 1 aromatic carbocycles. The Kier molecular flexibility index (Phi) is 4.03. The van der Waals surface area contributed by atoms with Crippen LogP contribution in [0.15, 0.2) is 18.2 Å². The van der Waals surface area contributed by atoms with Gasteiger partial charge >= 0.3 is 0 Å². The summed E-state index contributed by atoms with van der Waals surface area (Å²) in [6, 6.07) is 3.93. The first-order valence-corrected chi connectivity index (χ1v) is 5.80. The van der Waals surface area contributed by atoms with Crippen molar-refractivity contribution in [3.8, 4) is 0 Å². The summed E-state index contributed by atoms with van der Waals surface area (Å²) in [6.45, 7) is 9.61. The standard InChI is InChI=1S/C13H20F2N/c1-5-16(6-2,10(3)4)13-9-11(14)7-8-12(13)15/h7-10H,5-6H2,1-4H3/q+1. The maximum absolute atomic E-state index is 13.8. The molecule has 0 spiro atoms. The predicted octanol–water partition coefficient (Wildman–Crippen LogP) is 3.72. The Morgan fingerprint density at radius 3 is 2.12 bits per heavy atom. The zero-order chi connectivity index (χ0) is 12.3. The van der Waals surface area contributed by atoms with Crippen LogP contribution in [0.25, 0.3) is 0 Å². The lowest BCUT2D eigenvalue weighted by Gasteiger charge is -2.40. The molecule has 0 N–H and O–H groups in total. The second-order valence-electron chi connectivity index (χ2n) is 4.36. The summed E-state index contributed by atoms with van der Waals surface area (Å²) in [7, 11) is 0. The number of quaternary nitrogens is 1. The van der Waals surface area contributed by atoms with Crippen molar-refractivity contribution < 1.29 is 8.78 Å². The Bertz CT molecular complexity index is 357. The van der Waals surface area contributed by atoms with E-state index < -0.39 is 0 Å². The summed E-state index contributed by atoms with van der Waals surface area (Å²) in [5, 5.41) is 0. The molecule has 0 unspecified atom stereocenters. The molecule has 16 heavy (non-hydrogen) atoms. The van der Waals surface area contributed by atoms with Crippen LogP contribution in [0.3, 0.4) is 0 Å². The van der Waals surface area contributed by atoms with Crippen molar-refractivity contribution in [1.82, 2.24) is 4.48 Å². The van der Waals surface area contributed by atoms with E-state index in [2.05, 4.69) is 0 Å². The van der Waals surface area contributed by atoms with Crippen LogP contribution in [-0.2, 0) is 0 Å². The molecule has 0 aliphatic rings. The lowest BCUT2D eigenvalue weighted by Crippen LogP contribution is -2.54. The van der Waals surface area contributed by atoms with Gasteiger partial charge in [0.2, 0.25) is 0 Å². The summed E-state index contributed by atoms with van der Waals surface area (Å²) in [6.07, 6.45) is 0. The van der Waals surface area contributed by atoms with Gasteiger partial charge in [0.25, 0.3) is 0 Å². The maximum Gasteiger partial charge on any atom is 0.184 e. The molecule has 1 aromatic rings. The quantitative estimate of drug-likeness (QED) is 0.689. The number of nitrogens with zero attached hydrogens (tertiary/aromatic N) is 1. The fourth-order valence-corrected chi connectivity index (χ4v) is 2.40. The average Bonchev–Trinajstić information content (AvgIpc) is 2.25. The van der Waals surface area contributed by atoms with E-state index in [1.165, 1.54) is 18.2 Å². The Hall–Kier alpha value is -0.960. The Morgan fingerprint density at radius 2 is 1.69 bits per heavy atom. The second-order valence-corrected chi connectivity index (χ2v) is 4.36. The molecule has 0 heterocycles. The second kappa shape index (κ2) is 4.91. The van der Waals surface area contributed by atoms with Crippen molar-refractivity contribution in [2.75, 3.05) is 13.1 Å². The molecule has 0 atom stereocenters. The van der Waals surface area contributed by atoms with E-state index in [1.807, 2.05) is 27.7 Å². The minimum atomic E-state index is -0.374. The monoisotopic (exact) mass is 228 g/mol. The number of benzene rings is 1. The van der Waals surface area contributed by atoms with E-state index in [4.69, 9.17) is 0 Å². The highest BCUT2D eigenvalue weighted by Gasteiger charge is 2.33. The van der Waals surface area contributed by atoms with Crippen LogP contribution in [-0.4, -0.2) is 19.1 Å². The molecule has 0 bridgehead atoms. The Morgan fingerprint density at radius 1 is 1.12 bits per heavy atom. The molecule has 0 aliphatic carbocycles. The van der Waals surface area contributed by atoms with Gasteiger partial charge in [0, 0.05) is 6.07 Å². The molecule has 0 radical (unpaired) electrons. The largest absolute Gasteiger partial charge is 0.287 e. The van der Waals surface area contributed by atoms with E-state index in [-0.39, 0.29) is 17.7 Å². The zero-order valence-corrected chi connectivity index (χ0v) is 10.4. The maximum atomic E-state index is 13.8. The molecule has 1 rings (SSSR count). The number of hydrogen-bond acceptors (Lipinski definition) is 0. The molecule has 0 amide bonds. The lowest BCUT2D eigenvalue weighted by atomic mass is 10.1. The predicted molar refractivity (Wildman–Crippen MR) is 64.4 cm³/mol. The van der Waals surface area contributed by atoms with Crippen LogP contribution < -0.4 is 4.48 Å². The molecule has 90 valence electrons. The first-order valence-electron chi connectivity index (χ1n) is 5.80. The van der Waals surface area contributed by atoms with Crippen molar-refractivity contribution in [3.63, 3.8) is 0 Å². The van der Waals surface area contributed by atoms with E-state index in [9.17, 15) is 8.78 Å². The SMILES string of the molecule is CC[N+](CC)(c1cc(F)ccc1F)C(C)C. The van der Waals surface area contributed by atoms with E-state index in [1.54, 1.807) is 0 Å². The van der Waals surface area contributed by atoms with Crippen molar-refractivity contribution >= 4 is 5.69 Å². The van der Waals surface area contributed by atoms with Gasteiger partial charge in [-0.25, -0.2) is 8.78 Å². The zero-order valence-electron chi connectivity index (χ0n) is 10.4. The Balaban J connectivity index is 3.36. The fourth-order valence-electron chi connectivity index (χ4n) is 2.40. The minimum absolute atomic E-state index is 0.228. The van der Waals surface area contributed by atoms with E-state index >= 15 is 0 Å². The van der Waals surface area contributed by atoms with Crippen LogP contribution in [0, 0.1) is 11.6 Å².